The molecule has 0 N–H and O–H groups in total. The minimum atomic E-state index is 0.0776. The second-order valence-electron chi connectivity index (χ2n) is 3.25. The third-order valence-electron chi connectivity index (χ3n) is 2.22. The van der Waals surface area contributed by atoms with Gasteiger partial charge < -0.3 is 4.74 Å². The minimum absolute atomic E-state index is 0.0776. The highest BCUT2D eigenvalue weighted by atomic mass is 127. The summed E-state index contributed by atoms with van der Waals surface area (Å²) >= 11 is 2.20. The van der Waals surface area contributed by atoms with E-state index in [-0.39, 0.29) is 5.78 Å². The van der Waals surface area contributed by atoms with Gasteiger partial charge in [0, 0.05) is 0 Å². The van der Waals surface area contributed by atoms with Crippen LogP contribution in [0.4, 0.5) is 0 Å². The van der Waals surface area contributed by atoms with E-state index in [1.54, 1.807) is 6.92 Å². The summed E-state index contributed by atoms with van der Waals surface area (Å²) in [5.41, 5.74) is 1.80. The lowest BCUT2D eigenvalue weighted by atomic mass is 10.0. The summed E-state index contributed by atoms with van der Waals surface area (Å²) in [5.74, 6) is 0.818. The average molecular weight is 318 g/mol. The van der Waals surface area contributed by atoms with Crippen LogP contribution in [0.15, 0.2) is 12.1 Å². The Morgan fingerprint density at radius 2 is 2.07 bits per heavy atom. The van der Waals surface area contributed by atoms with E-state index in [4.69, 9.17) is 4.74 Å². The van der Waals surface area contributed by atoms with Crippen molar-refractivity contribution >= 4 is 28.4 Å². The summed E-state index contributed by atoms with van der Waals surface area (Å²) in [6.07, 6.45) is 0.853. The van der Waals surface area contributed by atoms with Crippen LogP contribution in [0.25, 0.3) is 0 Å². The van der Waals surface area contributed by atoms with E-state index >= 15 is 0 Å². The van der Waals surface area contributed by atoms with Crippen molar-refractivity contribution in [3.05, 3.63) is 26.8 Å². The maximum Gasteiger partial charge on any atom is 0.163 e. The van der Waals surface area contributed by atoms with Gasteiger partial charge in [0.25, 0.3) is 0 Å². The molecule has 0 aromatic heterocycles. The van der Waals surface area contributed by atoms with Crippen LogP contribution >= 0.6 is 22.6 Å². The fraction of sp³-hybridized carbons (Fsp3) is 0.417. The molecule has 0 fully saturated rings. The van der Waals surface area contributed by atoms with Crippen molar-refractivity contribution in [3.8, 4) is 5.75 Å². The molecule has 82 valence electrons. The molecule has 0 spiro atoms. The van der Waals surface area contributed by atoms with E-state index in [2.05, 4.69) is 22.6 Å². The van der Waals surface area contributed by atoms with E-state index in [0.717, 1.165) is 26.9 Å². The van der Waals surface area contributed by atoms with E-state index in [1.807, 2.05) is 26.0 Å². The first-order chi connectivity index (χ1) is 7.11. The molecule has 1 rings (SSSR count). The zero-order chi connectivity index (χ0) is 11.4. The Labute approximate surface area is 104 Å². The van der Waals surface area contributed by atoms with Gasteiger partial charge in [0.05, 0.1) is 15.7 Å². The molecule has 0 atom stereocenters. The summed E-state index contributed by atoms with van der Waals surface area (Å²) < 4.78 is 6.54. The summed E-state index contributed by atoms with van der Waals surface area (Å²) in [6, 6.07) is 4.00. The van der Waals surface area contributed by atoms with Gasteiger partial charge in [-0.15, -0.1) is 0 Å². The van der Waals surface area contributed by atoms with Gasteiger partial charge in [-0.25, -0.2) is 0 Å². The number of Topliss-reactive ketones (excluding diaryl/α,β-unsaturated/α-hetero) is 1. The molecule has 0 radical (unpaired) electrons. The number of carbonyl (C=O) groups excluding carboxylic acids is 1. The quantitative estimate of drug-likeness (QED) is 0.628. The first kappa shape index (κ1) is 12.5. The second-order valence-corrected chi connectivity index (χ2v) is 4.42. The number of aryl methyl sites for hydroxylation is 1. The van der Waals surface area contributed by atoms with E-state index in [0.29, 0.717) is 6.61 Å². The molecular formula is C12H15IO2. The van der Waals surface area contributed by atoms with Crippen LogP contribution in [0, 0.1) is 3.57 Å². The van der Waals surface area contributed by atoms with Gasteiger partial charge in [0.2, 0.25) is 0 Å². The number of carbonyl (C=O) groups is 1. The zero-order valence-electron chi connectivity index (χ0n) is 9.26. The molecule has 0 aliphatic heterocycles. The molecule has 2 nitrogen and oxygen atoms in total. The Morgan fingerprint density at radius 3 is 2.53 bits per heavy atom. The monoisotopic (exact) mass is 318 g/mol. The first-order valence-corrected chi connectivity index (χ1v) is 6.14. The molecular weight excluding hydrogens is 303 g/mol. The van der Waals surface area contributed by atoms with E-state index < -0.39 is 0 Å². The molecule has 1 aromatic rings. The largest absolute Gasteiger partial charge is 0.492 e. The van der Waals surface area contributed by atoms with Gasteiger partial charge in [-0.1, -0.05) is 13.0 Å². The Balaban J connectivity index is 3.36. The predicted octanol–water partition coefficient (Wildman–Crippen LogP) is 3.45. The van der Waals surface area contributed by atoms with Crippen molar-refractivity contribution in [3.63, 3.8) is 0 Å². The number of benzene rings is 1. The van der Waals surface area contributed by atoms with Crippen molar-refractivity contribution < 1.29 is 9.53 Å². The highest BCUT2D eigenvalue weighted by Crippen LogP contribution is 2.29. The fourth-order valence-corrected chi connectivity index (χ4v) is 2.17. The van der Waals surface area contributed by atoms with Gasteiger partial charge in [0.15, 0.2) is 5.78 Å². The van der Waals surface area contributed by atoms with E-state index in [9.17, 15) is 4.79 Å². The second kappa shape index (κ2) is 5.49. The topological polar surface area (TPSA) is 26.3 Å². The molecule has 3 heteroatoms. The number of hydrogen-bond acceptors (Lipinski definition) is 2. The maximum atomic E-state index is 11.6. The predicted molar refractivity (Wildman–Crippen MR) is 69.7 cm³/mol. The molecule has 0 unspecified atom stereocenters. The summed E-state index contributed by atoms with van der Waals surface area (Å²) in [6.45, 7) is 6.15. The normalized spacial score (nSPS) is 10.1. The number of ketones is 1. The van der Waals surface area contributed by atoms with Crippen molar-refractivity contribution in [1.29, 1.82) is 0 Å². The zero-order valence-corrected chi connectivity index (χ0v) is 11.4. The third kappa shape index (κ3) is 2.71. The smallest absolute Gasteiger partial charge is 0.163 e. The number of rotatable bonds is 4. The van der Waals surface area contributed by atoms with Crippen molar-refractivity contribution in [2.24, 2.45) is 0 Å². The van der Waals surface area contributed by atoms with Crippen molar-refractivity contribution in [1.82, 2.24) is 0 Å². The minimum Gasteiger partial charge on any atom is -0.492 e. The highest BCUT2D eigenvalue weighted by Gasteiger charge is 2.15. The highest BCUT2D eigenvalue weighted by molar-refractivity contribution is 14.1. The van der Waals surface area contributed by atoms with Crippen LogP contribution in [-0.2, 0) is 6.42 Å². The maximum absolute atomic E-state index is 11.6. The average Bonchev–Trinajstić information content (AvgIpc) is 2.20. The molecule has 15 heavy (non-hydrogen) atoms. The lowest BCUT2D eigenvalue weighted by molar-refractivity contribution is 0.101. The molecule has 0 aliphatic rings. The van der Waals surface area contributed by atoms with Gasteiger partial charge in [-0.05, 0) is 54.5 Å². The van der Waals surface area contributed by atoms with Gasteiger partial charge in [-0.3, -0.25) is 4.79 Å². The van der Waals surface area contributed by atoms with Gasteiger partial charge >= 0.3 is 0 Å². The molecule has 1 aromatic carbocycles. The van der Waals surface area contributed by atoms with Gasteiger partial charge in [-0.2, -0.15) is 0 Å². The van der Waals surface area contributed by atoms with Crippen LogP contribution in [0.2, 0.25) is 0 Å². The van der Waals surface area contributed by atoms with Crippen LogP contribution in [0.3, 0.4) is 0 Å². The SMILES string of the molecule is CCOc1c(I)ccc(CC)c1C(C)=O. The fourth-order valence-electron chi connectivity index (χ4n) is 1.56. The van der Waals surface area contributed by atoms with Crippen LogP contribution in [0.5, 0.6) is 5.75 Å². The number of halogens is 1. The van der Waals surface area contributed by atoms with Crippen LogP contribution < -0.4 is 4.74 Å². The summed E-state index contributed by atoms with van der Waals surface area (Å²) in [7, 11) is 0. The standard InChI is InChI=1S/C12H15IO2/c1-4-9-6-7-10(13)12(15-5-2)11(9)8(3)14/h6-7H,4-5H2,1-3H3. The summed E-state index contributed by atoms with van der Waals surface area (Å²) in [5, 5.41) is 0. The van der Waals surface area contributed by atoms with Crippen LogP contribution in [0.1, 0.15) is 36.7 Å². The van der Waals surface area contributed by atoms with Crippen molar-refractivity contribution in [2.45, 2.75) is 27.2 Å². The number of ether oxygens (including phenoxy) is 1. The molecule has 0 aliphatic carbocycles. The van der Waals surface area contributed by atoms with Gasteiger partial charge in [0.1, 0.15) is 5.75 Å². The molecule has 0 bridgehead atoms. The first-order valence-electron chi connectivity index (χ1n) is 5.06. The Kier molecular flexibility index (Phi) is 4.57. The summed E-state index contributed by atoms with van der Waals surface area (Å²) in [4.78, 5) is 11.6. The molecule has 0 saturated heterocycles. The Morgan fingerprint density at radius 1 is 1.40 bits per heavy atom. The lowest BCUT2D eigenvalue weighted by Crippen LogP contribution is -2.06. The van der Waals surface area contributed by atoms with Crippen LogP contribution in [-0.4, -0.2) is 12.4 Å². The number of hydrogen-bond donors (Lipinski definition) is 0. The van der Waals surface area contributed by atoms with Crippen molar-refractivity contribution in [2.75, 3.05) is 6.61 Å². The Hall–Kier alpha value is -0.580. The lowest BCUT2D eigenvalue weighted by Gasteiger charge is -2.13. The molecule has 0 heterocycles. The third-order valence-corrected chi connectivity index (χ3v) is 3.07. The molecule has 0 amide bonds. The Bertz CT molecular complexity index is 372. The van der Waals surface area contributed by atoms with E-state index in [1.165, 1.54) is 0 Å². The molecule has 0 saturated carbocycles.